The van der Waals surface area contributed by atoms with Crippen LogP contribution in [-0.2, 0) is 0 Å². The van der Waals surface area contributed by atoms with Crippen molar-refractivity contribution in [3.63, 3.8) is 0 Å². The number of ether oxygens (including phenoxy) is 1. The molecule has 1 aromatic heterocycles. The summed E-state index contributed by atoms with van der Waals surface area (Å²) in [5, 5.41) is 4.27. The lowest BCUT2D eigenvalue weighted by Crippen LogP contribution is -2.22. The van der Waals surface area contributed by atoms with Gasteiger partial charge in [0.15, 0.2) is 5.75 Å². The topological polar surface area (TPSA) is 44.1 Å². The third-order valence-corrected chi connectivity index (χ3v) is 3.16. The Morgan fingerprint density at radius 3 is 2.53 bits per heavy atom. The van der Waals surface area contributed by atoms with E-state index in [0.29, 0.717) is 10.7 Å². The van der Waals surface area contributed by atoms with Gasteiger partial charge in [-0.15, -0.1) is 0 Å². The molecule has 0 aliphatic heterocycles. The number of nitrogens with zero attached hydrogens (tertiary/aromatic N) is 2. The second-order valence-corrected chi connectivity index (χ2v) is 4.62. The zero-order chi connectivity index (χ0) is 14.0. The molecule has 0 N–H and O–H groups in total. The second kappa shape index (κ2) is 5.66. The molecular weight excluding hydrogens is 345 g/mol. The van der Waals surface area contributed by atoms with Crippen molar-refractivity contribution in [2.45, 2.75) is 6.61 Å². The molecule has 19 heavy (non-hydrogen) atoms. The van der Waals surface area contributed by atoms with Crippen molar-refractivity contribution in [1.29, 1.82) is 0 Å². The maximum atomic E-state index is 12.1. The molecule has 0 aliphatic rings. The van der Waals surface area contributed by atoms with E-state index in [1.165, 1.54) is 0 Å². The molecule has 8 heteroatoms. The fourth-order valence-corrected chi connectivity index (χ4v) is 1.85. The number of rotatable bonds is 3. The van der Waals surface area contributed by atoms with E-state index in [9.17, 15) is 13.6 Å². The first kappa shape index (κ1) is 14.0. The lowest BCUT2D eigenvalue weighted by molar-refractivity contribution is -0.0508. The average molecular weight is 352 g/mol. The first-order chi connectivity index (χ1) is 8.99. The molecule has 2 rings (SSSR count). The summed E-state index contributed by atoms with van der Waals surface area (Å²) in [6.07, 6.45) is 1.03. The highest BCUT2D eigenvalue weighted by Gasteiger charge is 2.14. The number of alkyl halides is 2. The molecular formula is C11H6BrClF2N2O2. The Balaban J connectivity index is 2.47. The third kappa shape index (κ3) is 3.10. The van der Waals surface area contributed by atoms with Gasteiger partial charge in [-0.3, -0.25) is 4.79 Å². The van der Waals surface area contributed by atoms with Crippen LogP contribution >= 0.6 is 27.5 Å². The summed E-state index contributed by atoms with van der Waals surface area (Å²) >= 11 is 8.65. The first-order valence-corrected chi connectivity index (χ1v) is 6.14. The highest BCUT2D eigenvalue weighted by molar-refractivity contribution is 9.10. The van der Waals surface area contributed by atoms with E-state index in [2.05, 4.69) is 25.8 Å². The van der Waals surface area contributed by atoms with E-state index < -0.39 is 12.2 Å². The van der Waals surface area contributed by atoms with Gasteiger partial charge in [0.25, 0.3) is 5.56 Å². The van der Waals surface area contributed by atoms with Crippen LogP contribution in [0.15, 0.2) is 39.7 Å². The predicted octanol–water partition coefficient (Wildman–Crippen LogP) is 3.25. The maximum absolute atomic E-state index is 12.1. The fraction of sp³-hybridized carbons (Fsp3) is 0.0909. The van der Waals surface area contributed by atoms with Crippen molar-refractivity contribution >= 4 is 27.5 Å². The summed E-state index contributed by atoms with van der Waals surface area (Å²) in [6.45, 7) is -3.02. The van der Waals surface area contributed by atoms with E-state index in [-0.39, 0.29) is 10.2 Å². The normalized spacial score (nSPS) is 10.8. The number of halogens is 4. The van der Waals surface area contributed by atoms with Gasteiger partial charge in [0.1, 0.15) is 4.47 Å². The van der Waals surface area contributed by atoms with Crippen molar-refractivity contribution in [2.24, 2.45) is 0 Å². The predicted molar refractivity (Wildman–Crippen MR) is 69.2 cm³/mol. The average Bonchev–Trinajstić information content (AvgIpc) is 2.36. The Bertz CT molecular complexity index is 646. The maximum Gasteiger partial charge on any atom is 0.387 e. The quantitative estimate of drug-likeness (QED) is 0.853. The first-order valence-electron chi connectivity index (χ1n) is 4.97. The number of hydrogen-bond acceptors (Lipinski definition) is 3. The van der Waals surface area contributed by atoms with Gasteiger partial charge in [0, 0.05) is 5.02 Å². The van der Waals surface area contributed by atoms with Crippen molar-refractivity contribution in [1.82, 2.24) is 9.78 Å². The van der Waals surface area contributed by atoms with Crippen LogP contribution in [0.3, 0.4) is 0 Å². The van der Waals surface area contributed by atoms with Crippen molar-refractivity contribution in [2.75, 3.05) is 0 Å². The van der Waals surface area contributed by atoms with Gasteiger partial charge in [0.05, 0.1) is 11.9 Å². The van der Waals surface area contributed by atoms with Crippen LogP contribution in [0.25, 0.3) is 5.69 Å². The van der Waals surface area contributed by atoms with Gasteiger partial charge < -0.3 is 4.74 Å². The Kier molecular flexibility index (Phi) is 4.16. The molecule has 0 unspecified atom stereocenters. The van der Waals surface area contributed by atoms with Crippen LogP contribution in [-0.4, -0.2) is 16.4 Å². The largest absolute Gasteiger partial charge is 0.432 e. The van der Waals surface area contributed by atoms with Crippen LogP contribution in [0.4, 0.5) is 8.78 Å². The fourth-order valence-electron chi connectivity index (χ4n) is 1.36. The van der Waals surface area contributed by atoms with Crippen molar-refractivity contribution in [3.05, 3.63) is 50.3 Å². The smallest absolute Gasteiger partial charge is 0.387 e. The van der Waals surface area contributed by atoms with Crippen molar-refractivity contribution in [3.8, 4) is 11.4 Å². The molecule has 0 fully saturated rings. The van der Waals surface area contributed by atoms with Crippen LogP contribution in [0.2, 0.25) is 5.02 Å². The molecule has 0 bridgehead atoms. The van der Waals surface area contributed by atoms with E-state index in [1.807, 2.05) is 0 Å². The standard InChI is InChI=1S/C11H6BrClF2N2O2/c12-9-8(19-11(14)15)5-16-17(10(9)18)7-3-1-6(13)2-4-7/h1-5,11H. The van der Waals surface area contributed by atoms with Crippen LogP contribution in [0, 0.1) is 0 Å². The summed E-state index contributed by atoms with van der Waals surface area (Å²) in [5.41, 5.74) is -0.154. The minimum Gasteiger partial charge on any atom is -0.432 e. The lowest BCUT2D eigenvalue weighted by Gasteiger charge is -2.09. The van der Waals surface area contributed by atoms with E-state index in [0.717, 1.165) is 10.9 Å². The molecule has 0 aliphatic carbocycles. The van der Waals surface area contributed by atoms with Gasteiger partial charge in [-0.2, -0.15) is 18.6 Å². The van der Waals surface area contributed by atoms with Gasteiger partial charge >= 0.3 is 6.61 Å². The van der Waals surface area contributed by atoms with Crippen LogP contribution in [0.1, 0.15) is 0 Å². The van der Waals surface area contributed by atoms with Gasteiger partial charge in [-0.05, 0) is 40.2 Å². The minimum absolute atomic E-state index is 0.127. The molecule has 0 saturated carbocycles. The summed E-state index contributed by atoms with van der Waals surface area (Å²) < 4.78 is 29.3. The molecule has 0 amide bonds. The highest BCUT2D eigenvalue weighted by Crippen LogP contribution is 2.22. The third-order valence-electron chi connectivity index (χ3n) is 2.17. The number of hydrogen-bond donors (Lipinski definition) is 0. The Labute approximate surface area is 119 Å². The van der Waals surface area contributed by atoms with E-state index in [1.54, 1.807) is 24.3 Å². The number of aromatic nitrogens is 2. The van der Waals surface area contributed by atoms with Crippen LogP contribution in [0.5, 0.6) is 5.75 Å². The second-order valence-electron chi connectivity index (χ2n) is 3.39. The summed E-state index contributed by atoms with van der Waals surface area (Å²) in [6, 6.07) is 6.33. The van der Waals surface area contributed by atoms with Crippen molar-refractivity contribution < 1.29 is 13.5 Å². The molecule has 0 atom stereocenters. The molecule has 1 aromatic carbocycles. The van der Waals surface area contributed by atoms with Gasteiger partial charge in [-0.25, -0.2) is 0 Å². The molecule has 1 heterocycles. The molecule has 0 spiro atoms. The minimum atomic E-state index is -3.02. The molecule has 0 saturated heterocycles. The molecule has 100 valence electrons. The molecule has 0 radical (unpaired) electrons. The highest BCUT2D eigenvalue weighted by atomic mass is 79.9. The summed E-state index contributed by atoms with van der Waals surface area (Å²) in [4.78, 5) is 12.0. The summed E-state index contributed by atoms with van der Waals surface area (Å²) in [7, 11) is 0. The SMILES string of the molecule is O=c1c(Br)c(OC(F)F)cnn1-c1ccc(Cl)cc1. The number of benzene rings is 1. The van der Waals surface area contributed by atoms with Gasteiger partial charge in [0.2, 0.25) is 0 Å². The Morgan fingerprint density at radius 2 is 1.95 bits per heavy atom. The zero-order valence-electron chi connectivity index (χ0n) is 9.19. The Morgan fingerprint density at radius 1 is 1.32 bits per heavy atom. The van der Waals surface area contributed by atoms with E-state index in [4.69, 9.17) is 11.6 Å². The van der Waals surface area contributed by atoms with Gasteiger partial charge in [-0.1, -0.05) is 11.6 Å². The molecule has 2 aromatic rings. The summed E-state index contributed by atoms with van der Waals surface area (Å²) in [5.74, 6) is -0.315. The molecule has 4 nitrogen and oxygen atoms in total. The zero-order valence-corrected chi connectivity index (χ0v) is 11.5. The Hall–Kier alpha value is -1.47. The van der Waals surface area contributed by atoms with E-state index >= 15 is 0 Å². The monoisotopic (exact) mass is 350 g/mol. The van der Waals surface area contributed by atoms with Crippen LogP contribution < -0.4 is 10.3 Å². The lowest BCUT2D eigenvalue weighted by atomic mass is 10.3.